The van der Waals surface area contributed by atoms with Gasteiger partial charge in [0, 0.05) is 13.0 Å². The quantitative estimate of drug-likeness (QED) is 0.409. The molecule has 3 amide bonds. The van der Waals surface area contributed by atoms with E-state index in [0.717, 1.165) is 5.56 Å². The first-order valence-electron chi connectivity index (χ1n) is 11.5. The summed E-state index contributed by atoms with van der Waals surface area (Å²) in [5.41, 5.74) is 6.85. The second-order valence-corrected chi connectivity index (χ2v) is 9.28. The van der Waals surface area contributed by atoms with Gasteiger partial charge in [-0.3, -0.25) is 14.4 Å². The molecule has 1 aromatic carbocycles. The van der Waals surface area contributed by atoms with Crippen molar-refractivity contribution in [2.45, 2.75) is 71.1 Å². The number of amides is 3. The number of benzene rings is 1. The summed E-state index contributed by atoms with van der Waals surface area (Å²) in [6, 6.07) is 5.81. The molecule has 0 bridgehead atoms. The number of nitrogens with zero attached hydrogens (tertiary/aromatic N) is 1. The maximum atomic E-state index is 13.5. The molecule has 182 valence electrons. The number of carbonyl (C=O) groups excluding carboxylic acids is 3. The van der Waals surface area contributed by atoms with E-state index in [1.54, 1.807) is 13.8 Å². The van der Waals surface area contributed by atoms with Crippen LogP contribution in [0.3, 0.4) is 0 Å². The van der Waals surface area contributed by atoms with Gasteiger partial charge in [0.15, 0.2) is 0 Å². The molecular formula is C24H36N4O5. The highest BCUT2D eigenvalue weighted by Crippen LogP contribution is 2.20. The van der Waals surface area contributed by atoms with Crippen molar-refractivity contribution in [1.29, 1.82) is 0 Å². The minimum absolute atomic E-state index is 0.105. The fraction of sp³-hybridized carbons (Fsp3) is 0.583. The summed E-state index contributed by atoms with van der Waals surface area (Å²) < 4.78 is 0. The molecule has 1 aliphatic rings. The second-order valence-electron chi connectivity index (χ2n) is 9.28. The molecule has 0 saturated carbocycles. The molecule has 9 nitrogen and oxygen atoms in total. The van der Waals surface area contributed by atoms with Crippen LogP contribution in [0.1, 0.15) is 46.1 Å². The van der Waals surface area contributed by atoms with E-state index >= 15 is 0 Å². The molecule has 0 radical (unpaired) electrons. The average Bonchev–Trinajstić information content (AvgIpc) is 3.25. The first-order chi connectivity index (χ1) is 15.5. The van der Waals surface area contributed by atoms with E-state index < -0.39 is 42.0 Å². The number of carbonyl (C=O) groups is 4. The van der Waals surface area contributed by atoms with Gasteiger partial charge in [0.2, 0.25) is 17.7 Å². The van der Waals surface area contributed by atoms with Crippen molar-refractivity contribution in [3.63, 3.8) is 0 Å². The molecule has 1 fully saturated rings. The van der Waals surface area contributed by atoms with E-state index in [-0.39, 0.29) is 24.2 Å². The van der Waals surface area contributed by atoms with E-state index in [2.05, 4.69) is 10.6 Å². The maximum Gasteiger partial charge on any atom is 0.326 e. The van der Waals surface area contributed by atoms with Crippen molar-refractivity contribution in [3.05, 3.63) is 35.9 Å². The molecule has 33 heavy (non-hydrogen) atoms. The Morgan fingerprint density at radius 3 is 2.24 bits per heavy atom. The van der Waals surface area contributed by atoms with Crippen LogP contribution in [0.15, 0.2) is 30.3 Å². The fourth-order valence-corrected chi connectivity index (χ4v) is 3.89. The average molecular weight is 461 g/mol. The van der Waals surface area contributed by atoms with Crippen LogP contribution in [0.2, 0.25) is 0 Å². The topological polar surface area (TPSA) is 142 Å². The highest BCUT2D eigenvalue weighted by molar-refractivity contribution is 5.94. The van der Waals surface area contributed by atoms with Gasteiger partial charge < -0.3 is 26.4 Å². The number of aliphatic carboxylic acids is 1. The highest BCUT2D eigenvalue weighted by atomic mass is 16.4. The first-order valence-corrected chi connectivity index (χ1v) is 11.5. The number of hydrogen-bond acceptors (Lipinski definition) is 5. The summed E-state index contributed by atoms with van der Waals surface area (Å²) in [6.45, 7) is 7.42. The lowest BCUT2D eigenvalue weighted by molar-refractivity contribution is -0.145. The lowest BCUT2D eigenvalue weighted by atomic mass is 10.0. The normalized spacial score (nSPS) is 18.6. The molecule has 1 saturated heterocycles. The van der Waals surface area contributed by atoms with Crippen LogP contribution in [0.25, 0.3) is 0 Å². The van der Waals surface area contributed by atoms with E-state index in [1.807, 2.05) is 44.2 Å². The van der Waals surface area contributed by atoms with Gasteiger partial charge in [-0.15, -0.1) is 0 Å². The lowest BCUT2D eigenvalue weighted by Gasteiger charge is -2.30. The number of rotatable bonds is 10. The van der Waals surface area contributed by atoms with Crippen LogP contribution in [0.5, 0.6) is 0 Å². The van der Waals surface area contributed by atoms with E-state index in [4.69, 9.17) is 5.73 Å². The molecule has 0 aromatic heterocycles. The number of carboxylic acid groups (broad SMARTS) is 1. The van der Waals surface area contributed by atoms with Crippen LogP contribution in [-0.4, -0.2) is 64.4 Å². The molecule has 1 heterocycles. The molecule has 1 aliphatic heterocycles. The third-order valence-corrected chi connectivity index (χ3v) is 5.99. The first kappa shape index (κ1) is 26.3. The number of hydrogen-bond donors (Lipinski definition) is 4. The Hall–Kier alpha value is -2.94. The number of carboxylic acids is 1. The number of nitrogens with two attached hydrogens (primary N) is 1. The van der Waals surface area contributed by atoms with Gasteiger partial charge >= 0.3 is 5.97 Å². The Labute approximate surface area is 195 Å². The molecule has 2 rings (SSSR count). The highest BCUT2D eigenvalue weighted by Gasteiger charge is 2.39. The third kappa shape index (κ3) is 7.02. The second kappa shape index (κ2) is 11.8. The van der Waals surface area contributed by atoms with Gasteiger partial charge in [0.05, 0.1) is 6.04 Å². The predicted octanol–water partition coefficient (Wildman–Crippen LogP) is 0.914. The van der Waals surface area contributed by atoms with Crippen molar-refractivity contribution in [1.82, 2.24) is 15.5 Å². The minimum atomic E-state index is -1.12. The van der Waals surface area contributed by atoms with Gasteiger partial charge in [-0.25, -0.2) is 4.79 Å². The molecule has 9 heteroatoms. The number of nitrogens with one attached hydrogen (secondary N) is 2. The zero-order valence-corrected chi connectivity index (χ0v) is 19.8. The summed E-state index contributed by atoms with van der Waals surface area (Å²) >= 11 is 0. The van der Waals surface area contributed by atoms with E-state index in [9.17, 15) is 24.3 Å². The predicted molar refractivity (Wildman–Crippen MR) is 124 cm³/mol. The van der Waals surface area contributed by atoms with Gasteiger partial charge in [0.1, 0.15) is 18.1 Å². The molecular weight excluding hydrogens is 424 g/mol. The molecule has 1 aromatic rings. The van der Waals surface area contributed by atoms with Crippen molar-refractivity contribution in [2.75, 3.05) is 6.54 Å². The molecule has 5 N–H and O–H groups in total. The minimum Gasteiger partial charge on any atom is -0.480 e. The molecule has 4 unspecified atom stereocenters. The van der Waals surface area contributed by atoms with Crippen molar-refractivity contribution in [2.24, 2.45) is 17.6 Å². The summed E-state index contributed by atoms with van der Waals surface area (Å²) in [6.07, 6.45) is 1.30. The van der Waals surface area contributed by atoms with Crippen molar-refractivity contribution in [3.8, 4) is 0 Å². The van der Waals surface area contributed by atoms with Crippen LogP contribution >= 0.6 is 0 Å². The van der Waals surface area contributed by atoms with Crippen LogP contribution in [0, 0.1) is 11.8 Å². The van der Waals surface area contributed by atoms with Crippen molar-refractivity contribution < 1.29 is 24.3 Å². The smallest absolute Gasteiger partial charge is 0.326 e. The monoisotopic (exact) mass is 460 g/mol. The SMILES string of the molecule is CC(C)C(N)C(=O)NC(Cc1ccccc1)C(=O)N1CCCC1C(=O)NC(C(=O)O)C(C)C. The summed E-state index contributed by atoms with van der Waals surface area (Å²) in [5.74, 6) is -2.83. The van der Waals surface area contributed by atoms with Gasteiger partial charge in [-0.2, -0.15) is 0 Å². The van der Waals surface area contributed by atoms with Crippen molar-refractivity contribution >= 4 is 23.7 Å². The third-order valence-electron chi connectivity index (χ3n) is 5.99. The summed E-state index contributed by atoms with van der Waals surface area (Å²) in [4.78, 5) is 52.0. The Morgan fingerprint density at radius 1 is 1.06 bits per heavy atom. The Bertz CT molecular complexity index is 843. The summed E-state index contributed by atoms with van der Waals surface area (Å²) in [5, 5.41) is 14.7. The fourth-order valence-electron chi connectivity index (χ4n) is 3.89. The van der Waals surface area contributed by atoms with Gasteiger partial charge in [-0.05, 0) is 30.2 Å². The van der Waals surface area contributed by atoms with E-state index in [1.165, 1.54) is 4.90 Å². The zero-order chi connectivity index (χ0) is 24.7. The van der Waals surface area contributed by atoms with Gasteiger partial charge in [-0.1, -0.05) is 58.0 Å². The Balaban J connectivity index is 2.22. The summed E-state index contributed by atoms with van der Waals surface area (Å²) in [7, 11) is 0. The maximum absolute atomic E-state index is 13.5. The zero-order valence-electron chi connectivity index (χ0n) is 19.8. The lowest BCUT2D eigenvalue weighted by Crippen LogP contribution is -2.58. The van der Waals surface area contributed by atoms with Gasteiger partial charge in [0.25, 0.3) is 0 Å². The van der Waals surface area contributed by atoms with Crippen LogP contribution in [-0.2, 0) is 25.6 Å². The Morgan fingerprint density at radius 2 is 1.70 bits per heavy atom. The number of likely N-dealkylation sites (tertiary alicyclic amines) is 1. The molecule has 4 atom stereocenters. The van der Waals surface area contributed by atoms with E-state index in [0.29, 0.717) is 19.4 Å². The Kier molecular flexibility index (Phi) is 9.40. The standard InChI is InChI=1S/C24H36N4O5/c1-14(2)19(25)22(30)26-17(13-16-9-6-5-7-10-16)23(31)28-12-8-11-18(28)21(29)27-20(15(3)4)24(32)33/h5-7,9-10,14-15,17-20H,8,11-13,25H2,1-4H3,(H,26,30)(H,27,29)(H,32,33). The van der Waals surface area contributed by atoms with Crippen LogP contribution in [0.4, 0.5) is 0 Å². The molecule has 0 aliphatic carbocycles. The van der Waals surface area contributed by atoms with Crippen LogP contribution < -0.4 is 16.4 Å². The molecule has 0 spiro atoms. The largest absolute Gasteiger partial charge is 0.480 e.